The van der Waals surface area contributed by atoms with Crippen LogP contribution >= 0.6 is 11.8 Å². The minimum Gasteiger partial charge on any atom is -0.333 e. The highest BCUT2D eigenvalue weighted by atomic mass is 32.2. The fraction of sp³-hybridized carbons (Fsp3) is 0.462. The van der Waals surface area contributed by atoms with E-state index in [0.29, 0.717) is 16.7 Å². The molecule has 3 rings (SSSR count). The highest BCUT2D eigenvalue weighted by Gasteiger charge is 2.30. The maximum Gasteiger partial charge on any atom is 0.274 e. The second kappa shape index (κ2) is 4.85. The van der Waals surface area contributed by atoms with Crippen molar-refractivity contribution in [3.63, 3.8) is 0 Å². The molecule has 0 bridgehead atoms. The first-order valence-electron chi connectivity index (χ1n) is 6.39. The highest BCUT2D eigenvalue weighted by molar-refractivity contribution is 8.00. The van der Waals surface area contributed by atoms with Crippen LogP contribution < -0.4 is 0 Å². The summed E-state index contributed by atoms with van der Waals surface area (Å²) in [6.45, 7) is 5.05. The molecule has 19 heavy (non-hydrogen) atoms. The third-order valence-electron chi connectivity index (χ3n) is 3.60. The molecule has 1 amide bonds. The van der Waals surface area contributed by atoms with E-state index >= 15 is 0 Å². The van der Waals surface area contributed by atoms with Crippen LogP contribution in [0.5, 0.6) is 0 Å². The van der Waals surface area contributed by atoms with Gasteiger partial charge in [0.1, 0.15) is 5.69 Å². The number of rotatable bonds is 1. The lowest BCUT2D eigenvalue weighted by molar-refractivity contribution is 0.0693. The number of aromatic nitrogens is 3. The van der Waals surface area contributed by atoms with Gasteiger partial charge in [0.15, 0.2) is 0 Å². The second-order valence-electron chi connectivity index (χ2n) is 4.77. The number of fused-ring (bicyclic) bond motifs is 1. The fourth-order valence-corrected chi connectivity index (χ4v) is 3.40. The Morgan fingerprint density at radius 1 is 1.47 bits per heavy atom. The van der Waals surface area contributed by atoms with Crippen LogP contribution in [0.15, 0.2) is 24.7 Å². The standard InChI is InChI=1S/C13H16N4OS/c1-9-10(2)19-7-6-17(9)12(18)11-8-16-5-3-4-14-13(16)15-11/h3-5,8-10H,6-7H2,1-2H3. The van der Waals surface area contributed by atoms with Gasteiger partial charge in [0.05, 0.1) is 0 Å². The van der Waals surface area contributed by atoms with Gasteiger partial charge in [0.2, 0.25) is 5.78 Å². The summed E-state index contributed by atoms with van der Waals surface area (Å²) >= 11 is 1.92. The molecule has 2 aromatic heterocycles. The number of carbonyl (C=O) groups is 1. The lowest BCUT2D eigenvalue weighted by Crippen LogP contribution is -2.48. The molecular formula is C13H16N4OS. The zero-order chi connectivity index (χ0) is 13.4. The summed E-state index contributed by atoms with van der Waals surface area (Å²) < 4.78 is 1.78. The predicted octanol–water partition coefficient (Wildman–Crippen LogP) is 1.70. The van der Waals surface area contributed by atoms with E-state index in [0.717, 1.165) is 12.3 Å². The number of amides is 1. The quantitative estimate of drug-likeness (QED) is 0.795. The first-order chi connectivity index (χ1) is 9.16. The summed E-state index contributed by atoms with van der Waals surface area (Å²) in [5, 5.41) is 0.466. The van der Waals surface area contributed by atoms with Crippen LogP contribution in [0.2, 0.25) is 0 Å². The Morgan fingerprint density at radius 2 is 2.32 bits per heavy atom. The van der Waals surface area contributed by atoms with Crippen LogP contribution in [0.4, 0.5) is 0 Å². The summed E-state index contributed by atoms with van der Waals surface area (Å²) in [7, 11) is 0. The molecule has 0 N–H and O–H groups in total. The number of carbonyl (C=O) groups excluding carboxylic acids is 1. The van der Waals surface area contributed by atoms with Gasteiger partial charge in [-0.15, -0.1) is 0 Å². The first-order valence-corrected chi connectivity index (χ1v) is 7.44. The molecule has 2 aromatic rings. The van der Waals surface area contributed by atoms with Gasteiger partial charge in [-0.1, -0.05) is 6.92 Å². The molecule has 0 saturated carbocycles. The summed E-state index contributed by atoms with van der Waals surface area (Å²) in [5.74, 6) is 1.56. The number of nitrogens with zero attached hydrogens (tertiary/aromatic N) is 4. The lowest BCUT2D eigenvalue weighted by atomic mass is 10.2. The van der Waals surface area contributed by atoms with Crippen LogP contribution in [0.25, 0.3) is 5.78 Å². The van der Waals surface area contributed by atoms with Crippen molar-refractivity contribution in [2.24, 2.45) is 0 Å². The van der Waals surface area contributed by atoms with Crippen molar-refractivity contribution in [2.45, 2.75) is 25.1 Å². The average molecular weight is 276 g/mol. The molecule has 1 saturated heterocycles. The third-order valence-corrected chi connectivity index (χ3v) is 4.94. The second-order valence-corrected chi connectivity index (χ2v) is 6.25. The minimum atomic E-state index is 0.00477. The molecular weight excluding hydrogens is 260 g/mol. The van der Waals surface area contributed by atoms with Crippen molar-refractivity contribution in [1.82, 2.24) is 19.3 Å². The zero-order valence-electron chi connectivity index (χ0n) is 11.0. The van der Waals surface area contributed by atoms with E-state index in [9.17, 15) is 4.79 Å². The maximum absolute atomic E-state index is 12.5. The SMILES string of the molecule is CC1SCCN(C(=O)c2cn3cccnc3n2)C1C. The predicted molar refractivity (Wildman–Crippen MR) is 75.4 cm³/mol. The lowest BCUT2D eigenvalue weighted by Gasteiger charge is -2.37. The van der Waals surface area contributed by atoms with Crippen LogP contribution in [0.3, 0.4) is 0 Å². The van der Waals surface area contributed by atoms with Crippen molar-refractivity contribution in [3.8, 4) is 0 Å². The Bertz CT molecular complexity index is 578. The Kier molecular flexibility index (Phi) is 3.18. The topological polar surface area (TPSA) is 50.5 Å². The first kappa shape index (κ1) is 12.5. The van der Waals surface area contributed by atoms with E-state index in [-0.39, 0.29) is 11.9 Å². The van der Waals surface area contributed by atoms with Crippen molar-refractivity contribution in [3.05, 3.63) is 30.4 Å². The molecule has 0 aromatic carbocycles. The summed E-state index contributed by atoms with van der Waals surface area (Å²) in [4.78, 5) is 22.9. The molecule has 1 aliphatic heterocycles. The Labute approximate surface area is 116 Å². The molecule has 100 valence electrons. The highest BCUT2D eigenvalue weighted by Crippen LogP contribution is 2.25. The normalized spacial score (nSPS) is 23.8. The number of hydrogen-bond donors (Lipinski definition) is 0. The van der Waals surface area contributed by atoms with Crippen LogP contribution in [0.1, 0.15) is 24.3 Å². The van der Waals surface area contributed by atoms with Gasteiger partial charge in [0.25, 0.3) is 5.91 Å². The molecule has 1 aliphatic rings. The summed E-state index contributed by atoms with van der Waals surface area (Å²) in [5.41, 5.74) is 0.477. The van der Waals surface area contributed by atoms with E-state index in [4.69, 9.17) is 0 Å². The number of thioether (sulfide) groups is 1. The summed E-state index contributed by atoms with van der Waals surface area (Å²) in [6, 6.07) is 2.06. The van der Waals surface area contributed by atoms with E-state index < -0.39 is 0 Å². The Morgan fingerprint density at radius 3 is 3.11 bits per heavy atom. The molecule has 3 heterocycles. The summed E-state index contributed by atoms with van der Waals surface area (Å²) in [6.07, 6.45) is 5.28. The van der Waals surface area contributed by atoms with Crippen molar-refractivity contribution in [2.75, 3.05) is 12.3 Å². The smallest absolute Gasteiger partial charge is 0.274 e. The largest absolute Gasteiger partial charge is 0.333 e. The number of imidazole rings is 1. The van der Waals surface area contributed by atoms with Crippen LogP contribution in [-0.4, -0.2) is 48.8 Å². The fourth-order valence-electron chi connectivity index (χ4n) is 2.30. The molecule has 2 unspecified atom stereocenters. The third kappa shape index (κ3) is 2.20. The molecule has 0 spiro atoms. The molecule has 0 radical (unpaired) electrons. The zero-order valence-corrected chi connectivity index (χ0v) is 11.8. The molecule has 1 fully saturated rings. The van der Waals surface area contributed by atoms with Gasteiger partial charge in [-0.2, -0.15) is 11.8 Å². The molecule has 0 aliphatic carbocycles. The Hall–Kier alpha value is -1.56. The molecule has 6 heteroatoms. The van der Waals surface area contributed by atoms with Gasteiger partial charge < -0.3 is 4.90 Å². The average Bonchev–Trinajstić information content (AvgIpc) is 2.85. The minimum absolute atomic E-state index is 0.00477. The van der Waals surface area contributed by atoms with Gasteiger partial charge in [-0.3, -0.25) is 9.20 Å². The van der Waals surface area contributed by atoms with Gasteiger partial charge in [0, 0.05) is 42.2 Å². The van der Waals surface area contributed by atoms with Gasteiger partial charge in [-0.25, -0.2) is 9.97 Å². The number of hydrogen-bond acceptors (Lipinski definition) is 4. The van der Waals surface area contributed by atoms with Crippen LogP contribution in [-0.2, 0) is 0 Å². The van der Waals surface area contributed by atoms with Crippen molar-refractivity contribution < 1.29 is 4.79 Å². The Balaban J connectivity index is 1.90. The monoisotopic (exact) mass is 276 g/mol. The molecule has 2 atom stereocenters. The van der Waals surface area contributed by atoms with E-state index in [1.807, 2.05) is 28.9 Å². The van der Waals surface area contributed by atoms with E-state index in [2.05, 4.69) is 23.8 Å². The molecule has 5 nitrogen and oxygen atoms in total. The van der Waals surface area contributed by atoms with Crippen molar-refractivity contribution in [1.29, 1.82) is 0 Å². The van der Waals surface area contributed by atoms with Crippen LogP contribution in [0, 0.1) is 0 Å². The van der Waals surface area contributed by atoms with E-state index in [1.165, 1.54) is 0 Å². The van der Waals surface area contributed by atoms with E-state index in [1.54, 1.807) is 16.8 Å². The maximum atomic E-state index is 12.5. The van der Waals surface area contributed by atoms with Gasteiger partial charge in [-0.05, 0) is 13.0 Å². The van der Waals surface area contributed by atoms with Crippen molar-refractivity contribution >= 4 is 23.4 Å². The van der Waals surface area contributed by atoms with Gasteiger partial charge >= 0.3 is 0 Å².